The molecule has 0 aliphatic carbocycles. The minimum Gasteiger partial charge on any atom is -0.377 e. The first-order valence-electron chi connectivity index (χ1n) is 12.2. The van der Waals surface area contributed by atoms with E-state index < -0.39 is 44.5 Å². The lowest BCUT2D eigenvalue weighted by Gasteiger charge is -2.21. The molecule has 2 aromatic carbocycles. The smallest absolute Gasteiger partial charge is 0.339 e. The fraction of sp³-hybridized carbons (Fsp3) is 0.296. The Hall–Kier alpha value is -3.26. The summed E-state index contributed by atoms with van der Waals surface area (Å²) in [5, 5.41) is -0.332. The van der Waals surface area contributed by atoms with Crippen LogP contribution < -0.4 is 21.0 Å². The molecule has 1 unspecified atom stereocenters. The van der Waals surface area contributed by atoms with Crippen LogP contribution in [0.3, 0.4) is 0 Å². The Kier molecular flexibility index (Phi) is 7.90. The molecule has 12 heteroatoms. The van der Waals surface area contributed by atoms with Gasteiger partial charge in [-0.2, -0.15) is 8.42 Å². The molecule has 0 saturated carbocycles. The van der Waals surface area contributed by atoms with Crippen LogP contribution in [0.1, 0.15) is 44.4 Å². The molecule has 0 bridgehead atoms. The fourth-order valence-electron chi connectivity index (χ4n) is 4.37. The van der Waals surface area contributed by atoms with Crippen molar-refractivity contribution in [3.8, 4) is 11.4 Å². The number of hydrogen-bond acceptors (Lipinski definition) is 6. The van der Waals surface area contributed by atoms with Crippen molar-refractivity contribution in [1.82, 2.24) is 13.7 Å². The summed E-state index contributed by atoms with van der Waals surface area (Å²) in [6.45, 7) is 6.67. The zero-order valence-electron chi connectivity index (χ0n) is 22.0. The Balaban J connectivity index is 2.18. The summed E-state index contributed by atoms with van der Waals surface area (Å²) in [6, 6.07) is 9.54. The van der Waals surface area contributed by atoms with Crippen molar-refractivity contribution >= 4 is 43.7 Å². The summed E-state index contributed by atoms with van der Waals surface area (Å²) in [7, 11) is -3.17. The van der Waals surface area contributed by atoms with Crippen LogP contribution in [-0.4, -0.2) is 22.1 Å². The zero-order valence-corrected chi connectivity index (χ0v) is 25.0. The number of aryl methyl sites for hydroxylation is 2. The van der Waals surface area contributed by atoms with E-state index in [-0.39, 0.29) is 27.2 Å². The van der Waals surface area contributed by atoms with E-state index in [4.69, 9.17) is 4.18 Å². The lowest BCUT2D eigenvalue weighted by Crippen LogP contribution is -2.43. The number of nitrogens with zero attached hydrogens (tertiary/aromatic N) is 3. The highest BCUT2D eigenvalue weighted by Crippen LogP contribution is 2.29. The molecule has 1 atom stereocenters. The van der Waals surface area contributed by atoms with Crippen LogP contribution in [0.5, 0.6) is 5.75 Å². The first-order valence-corrected chi connectivity index (χ1v) is 14.7. The van der Waals surface area contributed by atoms with Crippen molar-refractivity contribution in [1.29, 1.82) is 0 Å². The third-order valence-corrected chi connectivity index (χ3v) is 8.68. The first kappa shape index (κ1) is 28.7. The molecule has 0 saturated heterocycles. The minimum atomic E-state index is -4.50. The quantitative estimate of drug-likeness (QED) is 0.216. The van der Waals surface area contributed by atoms with Gasteiger partial charge in [0.15, 0.2) is 5.75 Å². The maximum Gasteiger partial charge on any atom is 0.339 e. The van der Waals surface area contributed by atoms with E-state index in [1.54, 1.807) is 32.0 Å². The normalized spacial score (nSPS) is 12.6. The molecule has 9 nitrogen and oxygen atoms in total. The van der Waals surface area contributed by atoms with E-state index in [0.29, 0.717) is 16.4 Å². The van der Waals surface area contributed by atoms with Crippen LogP contribution in [-0.2, 0) is 23.6 Å². The molecule has 0 aliphatic rings. The zero-order chi connectivity index (χ0) is 28.8. The largest absolute Gasteiger partial charge is 0.377 e. The molecule has 0 N–H and O–H groups in total. The van der Waals surface area contributed by atoms with E-state index in [1.165, 1.54) is 38.2 Å². The molecule has 0 fully saturated rings. The van der Waals surface area contributed by atoms with E-state index in [2.05, 4.69) is 0 Å². The van der Waals surface area contributed by atoms with Gasteiger partial charge in [-0.15, -0.1) is 0 Å². The number of aromatic nitrogens is 3. The SMILES string of the molecule is CCc1ccc(S(=O)(=O)Oc2c(C)c(=O)n(C)c3c2c(=O)n(C(C)CC)c(=O)n3-c2ccc(I)cc2F)cc1. The number of benzene rings is 2. The first-order chi connectivity index (χ1) is 18.3. The molecule has 0 amide bonds. The van der Waals surface area contributed by atoms with Crippen molar-refractivity contribution in [2.75, 3.05) is 0 Å². The second-order valence-electron chi connectivity index (χ2n) is 9.20. The van der Waals surface area contributed by atoms with E-state index >= 15 is 4.39 Å². The number of fused-ring (bicyclic) bond motifs is 1. The standard InChI is InChI=1S/C27H27FIN3O6S/c1-6-15(3)31-26(34)22-23(38-39(36,37)19-11-8-17(7-2)9-12-19)16(4)25(33)30(5)24(22)32(27(31)35)21-13-10-18(29)14-20(21)28/h8-15H,6-7H2,1-5H3. The Bertz CT molecular complexity index is 1890. The molecule has 0 aliphatic heterocycles. The van der Waals surface area contributed by atoms with Gasteiger partial charge in [0.25, 0.3) is 11.1 Å². The van der Waals surface area contributed by atoms with E-state index in [9.17, 15) is 22.8 Å². The fourth-order valence-corrected chi connectivity index (χ4v) is 5.81. The van der Waals surface area contributed by atoms with Crippen LogP contribution in [0.4, 0.5) is 4.39 Å². The highest BCUT2D eigenvalue weighted by Gasteiger charge is 2.29. The molecule has 2 aromatic heterocycles. The summed E-state index contributed by atoms with van der Waals surface area (Å²) in [4.78, 5) is 40.8. The van der Waals surface area contributed by atoms with Gasteiger partial charge < -0.3 is 4.18 Å². The predicted octanol–water partition coefficient (Wildman–Crippen LogP) is 4.20. The average molecular weight is 667 g/mol. The third-order valence-electron chi connectivity index (χ3n) is 6.77. The molecule has 39 heavy (non-hydrogen) atoms. The van der Waals surface area contributed by atoms with Crippen LogP contribution >= 0.6 is 22.6 Å². The van der Waals surface area contributed by atoms with Crippen molar-refractivity contribution in [3.63, 3.8) is 0 Å². The molecule has 4 aromatic rings. The molecular formula is C27H27FIN3O6S. The van der Waals surface area contributed by atoms with Gasteiger partial charge in [0.05, 0.1) is 11.3 Å². The second-order valence-corrected chi connectivity index (χ2v) is 12.0. The summed E-state index contributed by atoms with van der Waals surface area (Å²) >= 11 is 1.92. The minimum absolute atomic E-state index is 0.153. The third kappa shape index (κ3) is 4.95. The predicted molar refractivity (Wildman–Crippen MR) is 155 cm³/mol. The van der Waals surface area contributed by atoms with Crippen LogP contribution in [0, 0.1) is 16.3 Å². The summed E-state index contributed by atoms with van der Waals surface area (Å²) in [5.41, 5.74) is -2.17. The molecule has 206 valence electrons. The number of rotatable bonds is 7. The van der Waals surface area contributed by atoms with Gasteiger partial charge >= 0.3 is 15.8 Å². The van der Waals surface area contributed by atoms with Crippen molar-refractivity contribution in [3.05, 3.63) is 94.2 Å². The van der Waals surface area contributed by atoms with Gasteiger partial charge in [-0.05, 0) is 85.2 Å². The number of halogens is 2. The molecular weight excluding hydrogens is 640 g/mol. The van der Waals surface area contributed by atoms with E-state index in [0.717, 1.165) is 19.3 Å². The van der Waals surface area contributed by atoms with Gasteiger partial charge in [-0.3, -0.25) is 18.7 Å². The van der Waals surface area contributed by atoms with Crippen LogP contribution in [0.25, 0.3) is 16.7 Å². The van der Waals surface area contributed by atoms with Crippen molar-refractivity contribution in [2.24, 2.45) is 7.05 Å². The lowest BCUT2D eigenvalue weighted by molar-refractivity contribution is 0.474. The van der Waals surface area contributed by atoms with Crippen LogP contribution in [0.15, 0.2) is 61.7 Å². The highest BCUT2D eigenvalue weighted by molar-refractivity contribution is 14.1. The molecule has 0 radical (unpaired) electrons. The number of hydrogen-bond donors (Lipinski definition) is 0. The Morgan fingerprint density at radius 2 is 1.67 bits per heavy atom. The number of pyridine rings is 1. The Morgan fingerprint density at radius 3 is 2.23 bits per heavy atom. The maximum atomic E-state index is 15.3. The highest BCUT2D eigenvalue weighted by atomic mass is 127. The monoisotopic (exact) mass is 667 g/mol. The summed E-state index contributed by atoms with van der Waals surface area (Å²) < 4.78 is 50.9. The summed E-state index contributed by atoms with van der Waals surface area (Å²) in [6.07, 6.45) is 1.07. The molecule has 0 spiro atoms. The van der Waals surface area contributed by atoms with Crippen molar-refractivity contribution < 1.29 is 17.0 Å². The van der Waals surface area contributed by atoms with Gasteiger partial charge in [0.2, 0.25) is 0 Å². The van der Waals surface area contributed by atoms with Gasteiger partial charge in [-0.1, -0.05) is 26.0 Å². The van der Waals surface area contributed by atoms with E-state index in [1.807, 2.05) is 29.5 Å². The van der Waals surface area contributed by atoms with Gasteiger partial charge in [-0.25, -0.2) is 13.8 Å². The molecule has 2 heterocycles. The van der Waals surface area contributed by atoms with Gasteiger partial charge in [0, 0.05) is 16.7 Å². The van der Waals surface area contributed by atoms with Crippen molar-refractivity contribution in [2.45, 2.75) is 51.5 Å². The summed E-state index contributed by atoms with van der Waals surface area (Å²) in [5.74, 6) is -1.27. The topological polar surface area (TPSA) is 109 Å². The lowest BCUT2D eigenvalue weighted by atomic mass is 10.1. The Labute approximate surface area is 237 Å². The van der Waals surface area contributed by atoms with Gasteiger partial charge in [0.1, 0.15) is 21.7 Å². The van der Waals surface area contributed by atoms with Crippen LogP contribution in [0.2, 0.25) is 0 Å². The maximum absolute atomic E-state index is 15.3. The molecule has 4 rings (SSSR count). The average Bonchev–Trinajstić information content (AvgIpc) is 2.90. The Morgan fingerprint density at radius 1 is 1.03 bits per heavy atom. The second kappa shape index (κ2) is 10.7.